The van der Waals surface area contributed by atoms with Gasteiger partial charge >= 0.3 is 5.97 Å². The van der Waals surface area contributed by atoms with Gasteiger partial charge in [0.05, 0.1) is 12.6 Å². The summed E-state index contributed by atoms with van der Waals surface area (Å²) in [7, 11) is 1.34. The highest BCUT2D eigenvalue weighted by Gasteiger charge is 2.38. The summed E-state index contributed by atoms with van der Waals surface area (Å²) in [4.78, 5) is 23.8. The van der Waals surface area contributed by atoms with Crippen molar-refractivity contribution in [3.8, 4) is 0 Å². The van der Waals surface area contributed by atoms with E-state index in [2.05, 4.69) is 10.6 Å². The van der Waals surface area contributed by atoms with Crippen LogP contribution in [0, 0.1) is 5.92 Å². The van der Waals surface area contributed by atoms with Gasteiger partial charge in [0.1, 0.15) is 6.04 Å². The molecule has 1 saturated heterocycles. The summed E-state index contributed by atoms with van der Waals surface area (Å²) in [5.74, 6) is -0.173. The summed E-state index contributed by atoms with van der Waals surface area (Å²) in [5.41, 5.74) is -0.552. The quantitative estimate of drug-likeness (QED) is 0.715. The number of carbonyl (C=O) groups is 2. The van der Waals surface area contributed by atoms with E-state index in [1.807, 2.05) is 20.8 Å². The Kier molecular flexibility index (Phi) is 5.14. The topological polar surface area (TPSA) is 67.4 Å². The molecule has 1 aliphatic heterocycles. The van der Waals surface area contributed by atoms with Gasteiger partial charge in [-0.2, -0.15) is 0 Å². The molecule has 0 radical (unpaired) electrons. The van der Waals surface area contributed by atoms with E-state index in [4.69, 9.17) is 4.74 Å². The molecule has 18 heavy (non-hydrogen) atoms. The Balaban J connectivity index is 2.64. The van der Waals surface area contributed by atoms with Gasteiger partial charge in [-0.3, -0.25) is 4.79 Å². The van der Waals surface area contributed by atoms with Crippen LogP contribution in [0.5, 0.6) is 0 Å². The maximum atomic E-state index is 12.2. The number of hydrogen-bond donors (Lipinski definition) is 2. The van der Waals surface area contributed by atoms with Crippen molar-refractivity contribution < 1.29 is 14.3 Å². The van der Waals surface area contributed by atoms with Gasteiger partial charge in [-0.05, 0) is 38.6 Å². The first-order valence-corrected chi connectivity index (χ1v) is 6.53. The van der Waals surface area contributed by atoms with E-state index in [0.717, 1.165) is 19.4 Å². The fraction of sp³-hybridized carbons (Fsp3) is 0.846. The molecule has 0 bridgehead atoms. The second kappa shape index (κ2) is 6.18. The summed E-state index contributed by atoms with van der Waals surface area (Å²) in [5, 5.41) is 5.99. The van der Waals surface area contributed by atoms with Crippen molar-refractivity contribution in [1.29, 1.82) is 0 Å². The van der Waals surface area contributed by atoms with Crippen molar-refractivity contribution >= 4 is 11.9 Å². The number of carbonyl (C=O) groups excluding carboxylic acids is 2. The molecule has 0 aromatic carbocycles. The number of ether oxygens (including phenoxy) is 1. The van der Waals surface area contributed by atoms with Crippen molar-refractivity contribution in [2.24, 2.45) is 5.92 Å². The van der Waals surface area contributed by atoms with Gasteiger partial charge in [0.25, 0.3) is 0 Å². The van der Waals surface area contributed by atoms with Crippen LogP contribution in [0.1, 0.15) is 40.0 Å². The molecule has 1 rings (SSSR count). The lowest BCUT2D eigenvalue weighted by atomic mass is 9.97. The molecule has 1 fully saturated rings. The maximum Gasteiger partial charge on any atom is 0.328 e. The highest BCUT2D eigenvalue weighted by molar-refractivity contribution is 5.90. The summed E-state index contributed by atoms with van der Waals surface area (Å²) in [6.07, 6.45) is 2.37. The second-order valence-electron chi connectivity index (χ2n) is 5.54. The van der Waals surface area contributed by atoms with E-state index in [9.17, 15) is 9.59 Å². The number of amides is 1. The fourth-order valence-electron chi connectivity index (χ4n) is 2.23. The van der Waals surface area contributed by atoms with Gasteiger partial charge in [0, 0.05) is 0 Å². The predicted molar refractivity (Wildman–Crippen MR) is 69.0 cm³/mol. The minimum atomic E-state index is -0.554. The predicted octanol–water partition coefficient (Wildman–Crippen LogP) is 0.832. The van der Waals surface area contributed by atoms with E-state index in [0.29, 0.717) is 12.3 Å². The van der Waals surface area contributed by atoms with Gasteiger partial charge < -0.3 is 15.4 Å². The van der Waals surface area contributed by atoms with Crippen molar-refractivity contribution in [2.45, 2.75) is 51.6 Å². The van der Waals surface area contributed by atoms with Crippen LogP contribution in [0.4, 0.5) is 0 Å². The highest BCUT2D eigenvalue weighted by Crippen LogP contribution is 2.19. The van der Waals surface area contributed by atoms with Crippen LogP contribution in [0.2, 0.25) is 0 Å². The molecular formula is C13H24N2O3. The molecule has 2 atom stereocenters. The first kappa shape index (κ1) is 15.0. The van der Waals surface area contributed by atoms with Gasteiger partial charge in [0.2, 0.25) is 5.91 Å². The molecule has 2 N–H and O–H groups in total. The van der Waals surface area contributed by atoms with Gasteiger partial charge in [-0.1, -0.05) is 13.8 Å². The molecule has 104 valence electrons. The SMILES string of the molecule is COC(=O)C(CC(C)C)NC(=O)C1(C)CCCN1. The van der Waals surface area contributed by atoms with Crippen molar-refractivity contribution in [1.82, 2.24) is 10.6 Å². The van der Waals surface area contributed by atoms with Crippen LogP contribution >= 0.6 is 0 Å². The standard InChI is InChI=1S/C13H24N2O3/c1-9(2)8-10(11(16)18-4)15-12(17)13(3)6-5-7-14-13/h9-10,14H,5-8H2,1-4H3,(H,15,17). The summed E-state index contributed by atoms with van der Waals surface area (Å²) in [6, 6.07) is -0.554. The smallest absolute Gasteiger partial charge is 0.328 e. The Hall–Kier alpha value is -1.10. The normalized spacial score (nSPS) is 24.9. The summed E-state index contributed by atoms with van der Waals surface area (Å²) in [6.45, 7) is 6.74. The minimum Gasteiger partial charge on any atom is -0.467 e. The Labute approximate surface area is 109 Å². The lowest BCUT2D eigenvalue weighted by molar-refractivity contribution is -0.146. The third-order valence-corrected chi connectivity index (χ3v) is 3.37. The van der Waals surface area contributed by atoms with Crippen LogP contribution < -0.4 is 10.6 Å². The monoisotopic (exact) mass is 256 g/mol. The van der Waals surface area contributed by atoms with E-state index in [1.54, 1.807) is 0 Å². The number of esters is 1. The van der Waals surface area contributed by atoms with Crippen LogP contribution in [0.15, 0.2) is 0 Å². The largest absolute Gasteiger partial charge is 0.467 e. The third kappa shape index (κ3) is 3.70. The van der Waals surface area contributed by atoms with Gasteiger partial charge in [0.15, 0.2) is 0 Å². The van der Waals surface area contributed by atoms with E-state index < -0.39 is 11.6 Å². The molecule has 2 unspecified atom stereocenters. The fourth-order valence-corrected chi connectivity index (χ4v) is 2.23. The molecule has 0 aromatic rings. The molecule has 0 spiro atoms. The Morgan fingerprint density at radius 1 is 1.44 bits per heavy atom. The lowest BCUT2D eigenvalue weighted by Crippen LogP contribution is -2.55. The number of hydrogen-bond acceptors (Lipinski definition) is 4. The average Bonchev–Trinajstić information content (AvgIpc) is 2.75. The molecule has 0 aliphatic carbocycles. The Morgan fingerprint density at radius 2 is 2.11 bits per heavy atom. The first-order chi connectivity index (χ1) is 8.39. The van der Waals surface area contributed by atoms with Crippen molar-refractivity contribution in [3.05, 3.63) is 0 Å². The van der Waals surface area contributed by atoms with Crippen LogP contribution in [-0.4, -0.2) is 37.1 Å². The zero-order chi connectivity index (χ0) is 13.8. The Morgan fingerprint density at radius 3 is 2.56 bits per heavy atom. The third-order valence-electron chi connectivity index (χ3n) is 3.37. The molecule has 5 nitrogen and oxygen atoms in total. The molecular weight excluding hydrogens is 232 g/mol. The van der Waals surface area contributed by atoms with Crippen LogP contribution in [-0.2, 0) is 14.3 Å². The molecule has 1 amide bonds. The van der Waals surface area contributed by atoms with E-state index in [1.165, 1.54) is 7.11 Å². The summed E-state index contributed by atoms with van der Waals surface area (Å²) < 4.78 is 4.74. The summed E-state index contributed by atoms with van der Waals surface area (Å²) >= 11 is 0. The lowest BCUT2D eigenvalue weighted by Gasteiger charge is -2.26. The van der Waals surface area contributed by atoms with Gasteiger partial charge in [-0.15, -0.1) is 0 Å². The number of nitrogens with one attached hydrogen (secondary N) is 2. The molecule has 1 aliphatic rings. The van der Waals surface area contributed by atoms with E-state index >= 15 is 0 Å². The number of rotatable bonds is 5. The molecule has 0 aromatic heterocycles. The minimum absolute atomic E-state index is 0.115. The van der Waals surface area contributed by atoms with Gasteiger partial charge in [-0.25, -0.2) is 4.79 Å². The molecule has 5 heteroatoms. The van der Waals surface area contributed by atoms with Crippen LogP contribution in [0.3, 0.4) is 0 Å². The Bertz CT molecular complexity index is 309. The van der Waals surface area contributed by atoms with Crippen molar-refractivity contribution in [2.75, 3.05) is 13.7 Å². The molecule has 0 saturated carbocycles. The van der Waals surface area contributed by atoms with Crippen molar-refractivity contribution in [3.63, 3.8) is 0 Å². The second-order valence-corrected chi connectivity index (χ2v) is 5.54. The number of methoxy groups -OCH3 is 1. The van der Waals surface area contributed by atoms with E-state index in [-0.39, 0.29) is 11.9 Å². The van der Waals surface area contributed by atoms with Crippen LogP contribution in [0.25, 0.3) is 0 Å². The zero-order valence-electron chi connectivity index (χ0n) is 11.7. The maximum absolute atomic E-state index is 12.2. The first-order valence-electron chi connectivity index (χ1n) is 6.53. The zero-order valence-corrected chi connectivity index (χ0v) is 11.7. The average molecular weight is 256 g/mol. The molecule has 1 heterocycles. The highest BCUT2D eigenvalue weighted by atomic mass is 16.5.